The zero-order valence-corrected chi connectivity index (χ0v) is 13.9. The van der Waals surface area contributed by atoms with Crippen LogP contribution in [0.2, 0.25) is 5.02 Å². The number of thiophene rings is 1. The molecule has 0 aliphatic carbocycles. The van der Waals surface area contributed by atoms with Crippen LogP contribution < -0.4 is 9.47 Å². The first-order valence-corrected chi connectivity index (χ1v) is 7.96. The highest BCUT2D eigenvalue weighted by atomic mass is 35.5. The van der Waals surface area contributed by atoms with E-state index in [4.69, 9.17) is 21.1 Å². The van der Waals surface area contributed by atoms with Crippen LogP contribution in [-0.4, -0.2) is 19.3 Å². The molecule has 1 N–H and O–H groups in total. The highest BCUT2D eigenvalue weighted by Crippen LogP contribution is 2.40. The van der Waals surface area contributed by atoms with Gasteiger partial charge in [-0.25, -0.2) is 0 Å². The first-order valence-electron chi connectivity index (χ1n) is 6.76. The Bertz CT molecular complexity index is 610. The number of aliphatic hydroxyl groups is 1. The van der Waals surface area contributed by atoms with Crippen molar-refractivity contribution in [1.29, 1.82) is 0 Å². The Balaban J connectivity index is 2.24. The molecule has 1 aromatic heterocycles. The van der Waals surface area contributed by atoms with Crippen molar-refractivity contribution >= 4 is 22.9 Å². The molecular weight excluding hydrogens is 308 g/mol. The van der Waals surface area contributed by atoms with Gasteiger partial charge < -0.3 is 14.6 Å². The topological polar surface area (TPSA) is 38.7 Å². The molecule has 1 heterocycles. The molecule has 1 unspecified atom stereocenters. The summed E-state index contributed by atoms with van der Waals surface area (Å²) in [4.78, 5) is 2.46. The monoisotopic (exact) mass is 326 g/mol. The lowest BCUT2D eigenvalue weighted by atomic mass is 10.0. The van der Waals surface area contributed by atoms with Crippen LogP contribution in [0.15, 0.2) is 24.3 Å². The summed E-state index contributed by atoms with van der Waals surface area (Å²) in [6, 6.07) is 7.70. The van der Waals surface area contributed by atoms with Gasteiger partial charge in [-0.2, -0.15) is 0 Å². The first kappa shape index (κ1) is 16.1. The Morgan fingerprint density at radius 2 is 1.86 bits per heavy atom. The molecule has 0 aliphatic heterocycles. The minimum Gasteiger partial charge on any atom is -0.493 e. The van der Waals surface area contributed by atoms with Crippen molar-refractivity contribution in [2.45, 2.75) is 25.9 Å². The van der Waals surface area contributed by atoms with Gasteiger partial charge in [0, 0.05) is 21.7 Å². The lowest BCUT2D eigenvalue weighted by Crippen LogP contribution is -2.03. The summed E-state index contributed by atoms with van der Waals surface area (Å²) >= 11 is 8.05. The van der Waals surface area contributed by atoms with Crippen molar-refractivity contribution in [2.24, 2.45) is 0 Å². The highest BCUT2D eigenvalue weighted by molar-refractivity contribution is 7.11. The van der Waals surface area contributed by atoms with Crippen LogP contribution in [-0.2, 0) is 12.8 Å². The molecule has 0 radical (unpaired) electrons. The predicted molar refractivity (Wildman–Crippen MR) is 86.9 cm³/mol. The molecule has 0 amide bonds. The maximum atomic E-state index is 10.4. The van der Waals surface area contributed by atoms with E-state index >= 15 is 0 Å². The molecule has 2 rings (SSSR count). The number of hydrogen-bond acceptors (Lipinski definition) is 4. The maximum absolute atomic E-state index is 10.4. The quantitative estimate of drug-likeness (QED) is 0.862. The summed E-state index contributed by atoms with van der Waals surface area (Å²) < 4.78 is 10.5. The van der Waals surface area contributed by atoms with Gasteiger partial charge in [0.15, 0.2) is 11.5 Å². The van der Waals surface area contributed by atoms with E-state index in [1.54, 1.807) is 30.6 Å². The van der Waals surface area contributed by atoms with Gasteiger partial charge >= 0.3 is 0 Å². The van der Waals surface area contributed by atoms with Gasteiger partial charge in [-0.1, -0.05) is 24.6 Å². The van der Waals surface area contributed by atoms with Crippen molar-refractivity contribution in [3.8, 4) is 11.5 Å². The average molecular weight is 327 g/mol. The summed E-state index contributed by atoms with van der Waals surface area (Å²) in [6.45, 7) is 2.12. The molecule has 2 aromatic rings. The molecule has 0 spiro atoms. The molecule has 1 aromatic carbocycles. The predicted octanol–water partition coefficient (Wildman–Crippen LogP) is 4.26. The van der Waals surface area contributed by atoms with Gasteiger partial charge in [-0.3, -0.25) is 0 Å². The van der Waals surface area contributed by atoms with Crippen molar-refractivity contribution in [2.75, 3.05) is 14.2 Å². The van der Waals surface area contributed by atoms with E-state index in [-0.39, 0.29) is 0 Å². The molecular formula is C16H19ClO3S. The number of ether oxygens (including phenoxy) is 2. The summed E-state index contributed by atoms with van der Waals surface area (Å²) in [5.41, 5.74) is 0.653. The molecule has 0 aliphatic rings. The third-order valence-electron chi connectivity index (χ3n) is 3.33. The average Bonchev–Trinajstić information content (AvgIpc) is 2.94. The van der Waals surface area contributed by atoms with Crippen LogP contribution in [0.25, 0.3) is 0 Å². The normalized spacial score (nSPS) is 12.2. The third-order valence-corrected chi connectivity index (χ3v) is 4.98. The van der Waals surface area contributed by atoms with E-state index in [0.717, 1.165) is 11.3 Å². The van der Waals surface area contributed by atoms with E-state index in [1.165, 1.54) is 12.0 Å². The maximum Gasteiger partial charge on any atom is 0.179 e. The number of halogens is 1. The zero-order valence-electron chi connectivity index (χ0n) is 12.4. The fourth-order valence-electron chi connectivity index (χ4n) is 2.18. The Morgan fingerprint density at radius 1 is 1.14 bits per heavy atom. The van der Waals surface area contributed by atoms with Gasteiger partial charge in [0.25, 0.3) is 0 Å². The molecule has 0 saturated carbocycles. The summed E-state index contributed by atoms with van der Waals surface area (Å²) in [6.07, 6.45) is 0.887. The van der Waals surface area contributed by atoms with Crippen LogP contribution in [0.3, 0.4) is 0 Å². The van der Waals surface area contributed by atoms with E-state index in [1.807, 2.05) is 0 Å². The van der Waals surface area contributed by atoms with E-state index in [2.05, 4.69) is 19.1 Å². The third kappa shape index (κ3) is 3.51. The van der Waals surface area contributed by atoms with Crippen LogP contribution >= 0.6 is 22.9 Å². The highest BCUT2D eigenvalue weighted by Gasteiger charge is 2.19. The van der Waals surface area contributed by atoms with Gasteiger partial charge in [0.1, 0.15) is 0 Å². The van der Waals surface area contributed by atoms with E-state index in [0.29, 0.717) is 28.5 Å². The first-order chi connectivity index (χ1) is 10.1. The molecule has 0 fully saturated rings. The van der Waals surface area contributed by atoms with Crippen LogP contribution in [0.4, 0.5) is 0 Å². The fraction of sp³-hybridized carbons (Fsp3) is 0.375. The Labute approximate surface area is 134 Å². The standard InChI is InChI=1S/C16H19ClO3S/c1-4-10-5-6-11(21-10)9-13(18)12-7-8-14(19-2)16(20-3)15(12)17/h5-8,13,18H,4,9H2,1-3H3. The summed E-state index contributed by atoms with van der Waals surface area (Å²) in [5.74, 6) is 1.01. The summed E-state index contributed by atoms with van der Waals surface area (Å²) in [7, 11) is 3.09. The van der Waals surface area contributed by atoms with Crippen molar-refractivity contribution < 1.29 is 14.6 Å². The van der Waals surface area contributed by atoms with Crippen molar-refractivity contribution in [1.82, 2.24) is 0 Å². The van der Waals surface area contributed by atoms with Gasteiger partial charge in [0.2, 0.25) is 0 Å². The molecule has 3 nitrogen and oxygen atoms in total. The van der Waals surface area contributed by atoms with Crippen LogP contribution in [0.5, 0.6) is 11.5 Å². The van der Waals surface area contributed by atoms with Crippen LogP contribution in [0.1, 0.15) is 28.3 Å². The minimum atomic E-state index is -0.666. The minimum absolute atomic E-state index is 0.400. The molecule has 0 bridgehead atoms. The number of hydrogen-bond donors (Lipinski definition) is 1. The van der Waals surface area contributed by atoms with Gasteiger partial charge in [-0.15, -0.1) is 11.3 Å². The molecule has 5 heteroatoms. The number of methoxy groups -OCH3 is 2. The molecule has 0 saturated heterocycles. The number of aryl methyl sites for hydroxylation is 1. The van der Waals surface area contributed by atoms with Crippen molar-refractivity contribution in [3.63, 3.8) is 0 Å². The molecule has 21 heavy (non-hydrogen) atoms. The largest absolute Gasteiger partial charge is 0.493 e. The van der Waals surface area contributed by atoms with E-state index in [9.17, 15) is 5.11 Å². The molecule has 114 valence electrons. The van der Waals surface area contributed by atoms with Crippen LogP contribution in [0, 0.1) is 0 Å². The second-order valence-corrected chi connectivity index (χ2v) is 6.28. The smallest absolute Gasteiger partial charge is 0.179 e. The number of benzene rings is 1. The number of aliphatic hydroxyl groups excluding tert-OH is 1. The fourth-order valence-corrected chi connectivity index (χ4v) is 3.54. The number of rotatable bonds is 6. The van der Waals surface area contributed by atoms with Gasteiger partial charge in [0.05, 0.1) is 25.3 Å². The van der Waals surface area contributed by atoms with Gasteiger partial charge in [-0.05, 0) is 24.6 Å². The lowest BCUT2D eigenvalue weighted by Gasteiger charge is -2.16. The Kier molecular flexibility index (Phi) is 5.51. The summed E-state index contributed by atoms with van der Waals surface area (Å²) in [5, 5.41) is 10.8. The Morgan fingerprint density at radius 3 is 2.43 bits per heavy atom. The SMILES string of the molecule is CCc1ccc(CC(O)c2ccc(OC)c(OC)c2Cl)s1. The lowest BCUT2D eigenvalue weighted by molar-refractivity contribution is 0.179. The van der Waals surface area contributed by atoms with E-state index < -0.39 is 6.10 Å². The molecule has 1 atom stereocenters. The van der Waals surface area contributed by atoms with Crippen molar-refractivity contribution in [3.05, 3.63) is 44.6 Å². The second-order valence-electron chi connectivity index (χ2n) is 4.65. The Hall–Kier alpha value is -1.23. The zero-order chi connectivity index (χ0) is 15.4. The second kappa shape index (κ2) is 7.16.